The van der Waals surface area contributed by atoms with Gasteiger partial charge in [-0.15, -0.1) is 0 Å². The summed E-state index contributed by atoms with van der Waals surface area (Å²) in [4.78, 5) is 21.2. The average Bonchev–Trinajstić information content (AvgIpc) is 2.37. The molecule has 6 nitrogen and oxygen atoms in total. The third-order valence-corrected chi connectivity index (χ3v) is 3.03. The van der Waals surface area contributed by atoms with E-state index in [2.05, 4.69) is 0 Å². The lowest BCUT2D eigenvalue weighted by Crippen LogP contribution is -1.99. The van der Waals surface area contributed by atoms with Gasteiger partial charge in [0.25, 0.3) is 5.69 Å². The first kappa shape index (κ1) is 14.5. The summed E-state index contributed by atoms with van der Waals surface area (Å²) in [5.74, 6) is -0.0587. The van der Waals surface area contributed by atoms with Crippen LogP contribution in [-0.2, 0) is 0 Å². The van der Waals surface area contributed by atoms with Gasteiger partial charge >= 0.3 is 5.97 Å². The van der Waals surface area contributed by atoms with Crippen LogP contribution in [0.5, 0.6) is 11.5 Å². The molecule has 108 valence electrons. The van der Waals surface area contributed by atoms with E-state index in [0.29, 0.717) is 22.6 Å². The molecule has 0 saturated heterocycles. The summed E-state index contributed by atoms with van der Waals surface area (Å²) < 4.78 is 5.59. The summed E-state index contributed by atoms with van der Waals surface area (Å²) in [7, 11) is 0. The molecule has 6 heteroatoms. The third kappa shape index (κ3) is 3.17. The minimum Gasteiger partial charge on any atom is -0.478 e. The van der Waals surface area contributed by atoms with Gasteiger partial charge in [0, 0.05) is 11.6 Å². The average molecular weight is 287 g/mol. The number of carboxylic acid groups (broad SMARTS) is 1. The Balaban J connectivity index is 2.26. The fourth-order valence-electron chi connectivity index (χ4n) is 1.97. The molecule has 2 aromatic carbocycles. The van der Waals surface area contributed by atoms with Crippen LogP contribution >= 0.6 is 0 Å². The van der Waals surface area contributed by atoms with E-state index < -0.39 is 10.9 Å². The number of nitrogens with zero attached hydrogens (tertiary/aromatic N) is 1. The molecular formula is C15H13NO5. The lowest BCUT2D eigenvalue weighted by atomic mass is 10.1. The van der Waals surface area contributed by atoms with Crippen LogP contribution in [0.2, 0.25) is 0 Å². The smallest absolute Gasteiger partial charge is 0.335 e. The Hall–Kier alpha value is -2.89. The van der Waals surface area contributed by atoms with Crippen molar-refractivity contribution in [3.05, 3.63) is 63.2 Å². The molecule has 0 heterocycles. The molecule has 0 radical (unpaired) electrons. The number of carboxylic acids is 1. The Bertz CT molecular complexity index is 662. The van der Waals surface area contributed by atoms with E-state index in [9.17, 15) is 14.9 Å². The number of benzene rings is 2. The monoisotopic (exact) mass is 287 g/mol. The Labute approximate surface area is 120 Å². The highest BCUT2D eigenvalue weighted by Crippen LogP contribution is 2.28. The van der Waals surface area contributed by atoms with Gasteiger partial charge in [-0.05, 0) is 49.7 Å². The van der Waals surface area contributed by atoms with Crippen molar-refractivity contribution in [2.45, 2.75) is 13.8 Å². The molecule has 0 unspecified atom stereocenters. The topological polar surface area (TPSA) is 89.7 Å². The summed E-state index contributed by atoms with van der Waals surface area (Å²) in [5.41, 5.74) is 1.32. The van der Waals surface area contributed by atoms with Gasteiger partial charge in [0.2, 0.25) is 0 Å². The molecule has 0 aromatic heterocycles. The number of ether oxygens (including phenoxy) is 1. The molecule has 0 saturated carbocycles. The molecular weight excluding hydrogens is 274 g/mol. The van der Waals surface area contributed by atoms with Crippen molar-refractivity contribution >= 4 is 11.7 Å². The van der Waals surface area contributed by atoms with Gasteiger partial charge in [-0.25, -0.2) is 4.79 Å². The van der Waals surface area contributed by atoms with Crippen molar-refractivity contribution < 1.29 is 19.6 Å². The maximum Gasteiger partial charge on any atom is 0.335 e. The number of hydrogen-bond acceptors (Lipinski definition) is 4. The molecule has 0 aliphatic heterocycles. The SMILES string of the molecule is Cc1cc(Oc2ccc([N+](=O)[O-])c(C)c2)ccc1C(=O)O. The summed E-state index contributed by atoms with van der Waals surface area (Å²) in [6.07, 6.45) is 0. The number of carbonyl (C=O) groups is 1. The van der Waals surface area contributed by atoms with Gasteiger partial charge in [-0.1, -0.05) is 0 Å². The predicted molar refractivity (Wildman–Crippen MR) is 76.0 cm³/mol. The number of nitro groups is 1. The maximum atomic E-state index is 10.9. The molecule has 0 aliphatic carbocycles. The van der Waals surface area contributed by atoms with E-state index in [1.54, 1.807) is 32.0 Å². The van der Waals surface area contributed by atoms with Gasteiger partial charge < -0.3 is 9.84 Å². The van der Waals surface area contributed by atoms with Crippen LogP contribution < -0.4 is 4.74 Å². The first-order valence-electron chi connectivity index (χ1n) is 6.15. The van der Waals surface area contributed by atoms with E-state index in [0.717, 1.165) is 0 Å². The Morgan fingerprint density at radius 2 is 1.67 bits per heavy atom. The minimum absolute atomic E-state index is 0.0276. The predicted octanol–water partition coefficient (Wildman–Crippen LogP) is 3.70. The highest BCUT2D eigenvalue weighted by Gasteiger charge is 2.12. The second-order valence-corrected chi connectivity index (χ2v) is 4.59. The largest absolute Gasteiger partial charge is 0.478 e. The quantitative estimate of drug-likeness (QED) is 0.684. The molecule has 0 atom stereocenters. The number of aryl methyl sites for hydroxylation is 2. The van der Waals surface area contributed by atoms with Crippen molar-refractivity contribution in [1.29, 1.82) is 0 Å². The van der Waals surface area contributed by atoms with Gasteiger partial charge in [0.15, 0.2) is 0 Å². The molecule has 2 aromatic rings. The number of nitro benzene ring substituents is 1. The van der Waals surface area contributed by atoms with E-state index in [-0.39, 0.29) is 11.3 Å². The zero-order valence-corrected chi connectivity index (χ0v) is 11.5. The molecule has 1 N–H and O–H groups in total. The normalized spacial score (nSPS) is 10.2. The van der Waals surface area contributed by atoms with Crippen LogP contribution in [0.4, 0.5) is 5.69 Å². The molecule has 2 rings (SSSR count). The van der Waals surface area contributed by atoms with E-state index in [4.69, 9.17) is 9.84 Å². The van der Waals surface area contributed by atoms with Gasteiger partial charge in [0.1, 0.15) is 11.5 Å². The number of rotatable bonds is 4. The molecule has 0 spiro atoms. The van der Waals surface area contributed by atoms with Crippen LogP contribution in [0.3, 0.4) is 0 Å². The first-order chi connectivity index (χ1) is 9.88. The van der Waals surface area contributed by atoms with Crippen LogP contribution in [-0.4, -0.2) is 16.0 Å². The van der Waals surface area contributed by atoms with Gasteiger partial charge in [0.05, 0.1) is 10.5 Å². The van der Waals surface area contributed by atoms with Crippen molar-refractivity contribution in [2.24, 2.45) is 0 Å². The first-order valence-corrected chi connectivity index (χ1v) is 6.15. The van der Waals surface area contributed by atoms with Crippen molar-refractivity contribution in [3.63, 3.8) is 0 Å². The summed E-state index contributed by atoms with van der Waals surface area (Å²) in [6.45, 7) is 3.31. The second kappa shape index (κ2) is 5.62. The van der Waals surface area contributed by atoms with Crippen LogP contribution in [0, 0.1) is 24.0 Å². The van der Waals surface area contributed by atoms with Crippen molar-refractivity contribution in [1.82, 2.24) is 0 Å². The van der Waals surface area contributed by atoms with E-state index in [1.165, 1.54) is 18.2 Å². The lowest BCUT2D eigenvalue weighted by molar-refractivity contribution is -0.385. The Kier molecular flexibility index (Phi) is 3.89. The zero-order valence-electron chi connectivity index (χ0n) is 11.5. The van der Waals surface area contributed by atoms with Gasteiger partial charge in [-0.2, -0.15) is 0 Å². The highest BCUT2D eigenvalue weighted by molar-refractivity contribution is 5.89. The summed E-state index contributed by atoms with van der Waals surface area (Å²) in [6, 6.07) is 9.08. The van der Waals surface area contributed by atoms with Crippen molar-refractivity contribution in [2.75, 3.05) is 0 Å². The Morgan fingerprint density at radius 1 is 1.10 bits per heavy atom. The number of hydrogen-bond donors (Lipinski definition) is 1. The second-order valence-electron chi connectivity index (χ2n) is 4.59. The highest BCUT2D eigenvalue weighted by atomic mass is 16.6. The van der Waals surface area contributed by atoms with Gasteiger partial charge in [-0.3, -0.25) is 10.1 Å². The summed E-state index contributed by atoms with van der Waals surface area (Å²) in [5, 5.41) is 19.7. The molecule has 0 aliphatic rings. The lowest BCUT2D eigenvalue weighted by Gasteiger charge is -2.08. The standard InChI is InChI=1S/C15H13NO5/c1-9-7-11(3-5-13(9)15(17)18)21-12-4-6-14(16(19)20)10(2)8-12/h3-8H,1-2H3,(H,17,18). The molecule has 0 bridgehead atoms. The molecule has 0 fully saturated rings. The Morgan fingerprint density at radius 3 is 2.14 bits per heavy atom. The maximum absolute atomic E-state index is 10.9. The van der Waals surface area contributed by atoms with E-state index in [1.807, 2.05) is 0 Å². The zero-order chi connectivity index (χ0) is 15.6. The third-order valence-electron chi connectivity index (χ3n) is 3.03. The van der Waals surface area contributed by atoms with Crippen LogP contribution in [0.15, 0.2) is 36.4 Å². The van der Waals surface area contributed by atoms with Crippen molar-refractivity contribution in [3.8, 4) is 11.5 Å². The molecule has 21 heavy (non-hydrogen) atoms. The molecule has 0 amide bonds. The van der Waals surface area contributed by atoms with E-state index >= 15 is 0 Å². The minimum atomic E-state index is -0.995. The number of aromatic carboxylic acids is 1. The van der Waals surface area contributed by atoms with Crippen LogP contribution in [0.1, 0.15) is 21.5 Å². The van der Waals surface area contributed by atoms with Crippen LogP contribution in [0.25, 0.3) is 0 Å². The fourth-order valence-corrected chi connectivity index (χ4v) is 1.97. The summed E-state index contributed by atoms with van der Waals surface area (Å²) >= 11 is 0. The fraction of sp³-hybridized carbons (Fsp3) is 0.133.